The SMILES string of the molecule is Cc1ccc(N2C(=O)NC3CC2(C)Oc2ccc([N+](=O)[O-])cc23)c(Cl)c1. The van der Waals surface area contributed by atoms with Gasteiger partial charge in [0.25, 0.3) is 5.69 Å². The molecule has 7 nitrogen and oxygen atoms in total. The average molecular weight is 374 g/mol. The molecular weight excluding hydrogens is 358 g/mol. The van der Waals surface area contributed by atoms with Crippen molar-refractivity contribution in [1.82, 2.24) is 5.32 Å². The van der Waals surface area contributed by atoms with E-state index in [0.717, 1.165) is 5.56 Å². The standard InChI is InChI=1S/C18H16ClN3O4/c1-10-3-5-15(13(19)7-10)21-17(23)20-14-9-18(21,2)26-16-6-4-11(22(24)25)8-12(14)16/h3-8,14H,9H2,1-2H3,(H,20,23). The molecule has 2 atom stereocenters. The number of urea groups is 1. The molecule has 26 heavy (non-hydrogen) atoms. The quantitative estimate of drug-likeness (QED) is 0.627. The van der Waals surface area contributed by atoms with Crippen LogP contribution in [0.5, 0.6) is 5.75 Å². The molecule has 0 radical (unpaired) electrons. The van der Waals surface area contributed by atoms with Crippen LogP contribution in [-0.2, 0) is 0 Å². The number of nitrogens with zero attached hydrogens (tertiary/aromatic N) is 2. The summed E-state index contributed by atoms with van der Waals surface area (Å²) in [7, 11) is 0. The number of amides is 2. The van der Waals surface area contributed by atoms with E-state index in [0.29, 0.717) is 28.4 Å². The van der Waals surface area contributed by atoms with Crippen molar-refractivity contribution in [2.75, 3.05) is 4.90 Å². The van der Waals surface area contributed by atoms with E-state index in [2.05, 4.69) is 5.32 Å². The maximum Gasteiger partial charge on any atom is 0.325 e. The molecule has 2 aromatic rings. The predicted octanol–water partition coefficient (Wildman–Crippen LogP) is 4.33. The second-order valence-electron chi connectivity index (χ2n) is 6.75. The summed E-state index contributed by atoms with van der Waals surface area (Å²) in [5, 5.41) is 14.4. The fourth-order valence-corrected chi connectivity index (χ4v) is 3.95. The summed E-state index contributed by atoms with van der Waals surface area (Å²) >= 11 is 6.37. The monoisotopic (exact) mass is 373 g/mol. The predicted molar refractivity (Wildman–Crippen MR) is 96.7 cm³/mol. The van der Waals surface area contributed by atoms with Gasteiger partial charge in [0.2, 0.25) is 0 Å². The summed E-state index contributed by atoms with van der Waals surface area (Å²) in [4.78, 5) is 24.9. The van der Waals surface area contributed by atoms with Gasteiger partial charge in [-0.25, -0.2) is 4.79 Å². The lowest BCUT2D eigenvalue weighted by molar-refractivity contribution is -0.385. The zero-order valence-electron chi connectivity index (χ0n) is 14.2. The first kappa shape index (κ1) is 16.7. The van der Waals surface area contributed by atoms with Crippen molar-refractivity contribution in [2.24, 2.45) is 0 Å². The van der Waals surface area contributed by atoms with E-state index < -0.39 is 10.6 Å². The first-order valence-electron chi connectivity index (χ1n) is 8.13. The first-order chi connectivity index (χ1) is 12.3. The van der Waals surface area contributed by atoms with Crippen LogP contribution in [0.2, 0.25) is 5.02 Å². The number of nitro benzene ring substituents is 1. The zero-order chi connectivity index (χ0) is 18.6. The molecule has 0 saturated carbocycles. The lowest BCUT2D eigenvalue weighted by Gasteiger charge is -2.50. The van der Waals surface area contributed by atoms with Gasteiger partial charge in [-0.1, -0.05) is 17.7 Å². The Labute approximate surface area is 154 Å². The molecule has 1 saturated heterocycles. The van der Waals surface area contributed by atoms with Crippen LogP contribution < -0.4 is 15.0 Å². The number of anilines is 1. The van der Waals surface area contributed by atoms with Crippen LogP contribution in [0.25, 0.3) is 0 Å². The number of rotatable bonds is 2. The molecule has 1 N–H and O–H groups in total. The van der Waals surface area contributed by atoms with Gasteiger partial charge >= 0.3 is 6.03 Å². The van der Waals surface area contributed by atoms with E-state index in [-0.39, 0.29) is 17.8 Å². The van der Waals surface area contributed by atoms with Gasteiger partial charge in [0, 0.05) is 24.1 Å². The molecule has 2 bridgehead atoms. The lowest BCUT2D eigenvalue weighted by Crippen LogP contribution is -2.65. The number of hydrogen-bond acceptors (Lipinski definition) is 4. The van der Waals surface area contributed by atoms with Gasteiger partial charge in [-0.15, -0.1) is 0 Å². The normalized spacial score (nSPS) is 23.7. The molecule has 2 aliphatic rings. The Morgan fingerprint density at radius 3 is 2.81 bits per heavy atom. The highest BCUT2D eigenvalue weighted by Gasteiger charge is 2.50. The summed E-state index contributed by atoms with van der Waals surface area (Å²) in [6.07, 6.45) is 0.442. The Hall–Kier alpha value is -2.80. The Bertz CT molecular complexity index is 948. The second-order valence-corrected chi connectivity index (χ2v) is 7.16. The van der Waals surface area contributed by atoms with Gasteiger partial charge in [0.05, 0.1) is 21.7 Å². The number of halogens is 1. The lowest BCUT2D eigenvalue weighted by atomic mass is 9.90. The molecule has 0 aliphatic carbocycles. The third-order valence-electron chi connectivity index (χ3n) is 4.81. The molecule has 8 heteroatoms. The van der Waals surface area contributed by atoms with Crippen LogP contribution in [0.1, 0.15) is 30.5 Å². The Morgan fingerprint density at radius 2 is 2.12 bits per heavy atom. The first-order valence-corrected chi connectivity index (χ1v) is 8.50. The van der Waals surface area contributed by atoms with Crippen LogP contribution >= 0.6 is 11.6 Å². The van der Waals surface area contributed by atoms with E-state index in [4.69, 9.17) is 16.3 Å². The Morgan fingerprint density at radius 1 is 1.35 bits per heavy atom. The van der Waals surface area contributed by atoms with Crippen molar-refractivity contribution in [3.05, 3.63) is 62.7 Å². The molecule has 0 aromatic heterocycles. The number of nitrogens with one attached hydrogen (secondary N) is 1. The van der Waals surface area contributed by atoms with Gasteiger partial charge in [-0.2, -0.15) is 0 Å². The van der Waals surface area contributed by atoms with Crippen molar-refractivity contribution >= 4 is 29.0 Å². The number of aryl methyl sites for hydroxylation is 1. The summed E-state index contributed by atoms with van der Waals surface area (Å²) in [6.45, 7) is 3.74. The molecule has 2 aliphatic heterocycles. The van der Waals surface area contributed by atoms with E-state index in [1.165, 1.54) is 17.0 Å². The van der Waals surface area contributed by atoms with Gasteiger partial charge in [0.1, 0.15) is 5.75 Å². The van der Waals surface area contributed by atoms with Crippen LogP contribution in [0.15, 0.2) is 36.4 Å². The molecule has 4 rings (SSSR count). The number of carbonyl (C=O) groups excluding carboxylic acids is 1. The molecule has 0 spiro atoms. The zero-order valence-corrected chi connectivity index (χ0v) is 14.9. The number of fused-ring (bicyclic) bond motifs is 4. The average Bonchev–Trinajstić information content (AvgIpc) is 2.55. The summed E-state index contributed by atoms with van der Waals surface area (Å²) in [5.74, 6) is 0.516. The largest absolute Gasteiger partial charge is 0.467 e. The van der Waals surface area contributed by atoms with E-state index in [1.807, 2.05) is 19.9 Å². The number of non-ortho nitro benzene ring substituents is 1. The van der Waals surface area contributed by atoms with E-state index in [9.17, 15) is 14.9 Å². The maximum absolute atomic E-state index is 12.8. The van der Waals surface area contributed by atoms with Crippen LogP contribution in [0, 0.1) is 17.0 Å². The number of hydrogen-bond donors (Lipinski definition) is 1. The highest BCUT2D eigenvalue weighted by Crippen LogP contribution is 2.47. The van der Waals surface area contributed by atoms with E-state index >= 15 is 0 Å². The van der Waals surface area contributed by atoms with Gasteiger partial charge in [-0.3, -0.25) is 15.0 Å². The van der Waals surface area contributed by atoms with Crippen molar-refractivity contribution in [3.8, 4) is 5.75 Å². The summed E-state index contributed by atoms with van der Waals surface area (Å²) in [6, 6.07) is 9.16. The topological polar surface area (TPSA) is 84.7 Å². The molecule has 1 fully saturated rings. The maximum atomic E-state index is 12.8. The van der Waals surface area contributed by atoms with Crippen LogP contribution in [0.4, 0.5) is 16.2 Å². The molecule has 134 valence electrons. The fraction of sp³-hybridized carbons (Fsp3) is 0.278. The Kier molecular flexibility index (Phi) is 3.59. The van der Waals surface area contributed by atoms with Gasteiger partial charge in [-0.05, 0) is 37.6 Å². The minimum Gasteiger partial charge on any atom is -0.467 e. The van der Waals surface area contributed by atoms with Crippen LogP contribution in [-0.4, -0.2) is 16.7 Å². The van der Waals surface area contributed by atoms with Gasteiger partial charge < -0.3 is 10.1 Å². The highest BCUT2D eigenvalue weighted by atomic mass is 35.5. The molecule has 2 heterocycles. The smallest absolute Gasteiger partial charge is 0.325 e. The van der Waals surface area contributed by atoms with Crippen molar-refractivity contribution in [3.63, 3.8) is 0 Å². The highest BCUT2D eigenvalue weighted by molar-refractivity contribution is 6.34. The minimum absolute atomic E-state index is 0.0331. The summed E-state index contributed by atoms with van der Waals surface area (Å²) < 4.78 is 6.13. The second kappa shape index (κ2) is 5.60. The molecule has 2 amide bonds. The number of benzene rings is 2. The number of nitro groups is 1. The number of carbonyl (C=O) groups is 1. The van der Waals surface area contributed by atoms with Crippen molar-refractivity contribution in [2.45, 2.75) is 32.0 Å². The minimum atomic E-state index is -0.949. The van der Waals surface area contributed by atoms with Crippen LogP contribution in [0.3, 0.4) is 0 Å². The third-order valence-corrected chi connectivity index (χ3v) is 5.11. The Balaban J connectivity index is 1.79. The van der Waals surface area contributed by atoms with Crippen molar-refractivity contribution < 1.29 is 14.5 Å². The van der Waals surface area contributed by atoms with Crippen molar-refractivity contribution in [1.29, 1.82) is 0 Å². The molecular formula is C18H16ClN3O4. The van der Waals surface area contributed by atoms with Gasteiger partial charge in [0.15, 0.2) is 5.72 Å². The number of ether oxygens (including phenoxy) is 1. The molecule has 2 aromatic carbocycles. The molecule has 2 unspecified atom stereocenters. The van der Waals surface area contributed by atoms with E-state index in [1.54, 1.807) is 18.2 Å². The fourth-order valence-electron chi connectivity index (χ4n) is 3.63. The third kappa shape index (κ3) is 2.47. The summed E-state index contributed by atoms with van der Waals surface area (Å²) in [5.41, 5.74) is 1.17.